The fourth-order valence-corrected chi connectivity index (χ4v) is 3.35. The van der Waals surface area contributed by atoms with E-state index in [0.717, 1.165) is 45.3 Å². The first-order chi connectivity index (χ1) is 11.6. The number of piperazine rings is 1. The number of rotatable bonds is 7. The van der Waals surface area contributed by atoms with Crippen molar-refractivity contribution in [1.82, 2.24) is 20.4 Å². The van der Waals surface area contributed by atoms with Gasteiger partial charge < -0.3 is 20.3 Å². The van der Waals surface area contributed by atoms with E-state index in [9.17, 15) is 9.59 Å². The molecule has 154 valence electrons. The minimum Gasteiger partial charge on any atom is -0.385 e. The van der Waals surface area contributed by atoms with Crippen LogP contribution in [0.2, 0.25) is 0 Å². The van der Waals surface area contributed by atoms with E-state index in [-0.39, 0.29) is 48.7 Å². The minimum absolute atomic E-state index is 0. The zero-order chi connectivity index (χ0) is 17.4. The van der Waals surface area contributed by atoms with E-state index >= 15 is 0 Å². The maximum absolute atomic E-state index is 12.5. The van der Waals surface area contributed by atoms with Crippen LogP contribution in [-0.4, -0.2) is 86.7 Å². The number of hydrogen-bond donors (Lipinski definition) is 2. The second-order valence-corrected chi connectivity index (χ2v) is 6.68. The number of nitrogens with zero attached hydrogens (tertiary/aromatic N) is 2. The summed E-state index contributed by atoms with van der Waals surface area (Å²) in [4.78, 5) is 28.8. The first-order valence-electron chi connectivity index (χ1n) is 9.16. The molecular formula is C17H34Cl2N4O3. The molecule has 0 aromatic carbocycles. The van der Waals surface area contributed by atoms with Crippen molar-refractivity contribution in [2.75, 3.05) is 53.0 Å². The van der Waals surface area contributed by atoms with Gasteiger partial charge in [-0.1, -0.05) is 6.42 Å². The maximum atomic E-state index is 12.5. The molecule has 7 nitrogen and oxygen atoms in total. The van der Waals surface area contributed by atoms with E-state index in [1.807, 2.05) is 11.8 Å². The molecule has 2 N–H and O–H groups in total. The molecule has 0 radical (unpaired) electrons. The minimum atomic E-state index is -0.155. The van der Waals surface area contributed by atoms with Crippen molar-refractivity contribution in [1.29, 1.82) is 0 Å². The lowest BCUT2D eigenvalue weighted by Gasteiger charge is -2.39. The van der Waals surface area contributed by atoms with Gasteiger partial charge in [-0.05, 0) is 32.7 Å². The highest BCUT2D eigenvalue weighted by atomic mass is 35.5. The summed E-state index contributed by atoms with van der Waals surface area (Å²) >= 11 is 0. The molecule has 0 saturated carbocycles. The summed E-state index contributed by atoms with van der Waals surface area (Å²) in [5.74, 6) is 0.283. The Labute approximate surface area is 169 Å². The van der Waals surface area contributed by atoms with Crippen LogP contribution in [-0.2, 0) is 14.3 Å². The second-order valence-electron chi connectivity index (χ2n) is 6.68. The summed E-state index contributed by atoms with van der Waals surface area (Å²) in [5.41, 5.74) is 0. The molecular weight excluding hydrogens is 379 g/mol. The summed E-state index contributed by atoms with van der Waals surface area (Å²) in [5, 5.41) is 6.27. The Hall–Kier alpha value is -0.600. The molecule has 0 aromatic heterocycles. The molecule has 2 heterocycles. The molecule has 0 bridgehead atoms. The Kier molecular flexibility index (Phi) is 13.2. The van der Waals surface area contributed by atoms with Gasteiger partial charge in [0.1, 0.15) is 0 Å². The lowest BCUT2D eigenvalue weighted by Crippen LogP contribution is -2.58. The van der Waals surface area contributed by atoms with Crippen LogP contribution in [0.25, 0.3) is 0 Å². The number of piperidine rings is 1. The van der Waals surface area contributed by atoms with Crippen molar-refractivity contribution in [2.24, 2.45) is 0 Å². The number of methoxy groups -OCH3 is 1. The van der Waals surface area contributed by atoms with Gasteiger partial charge in [0.25, 0.3) is 0 Å². The van der Waals surface area contributed by atoms with Gasteiger partial charge in [0.05, 0.1) is 12.1 Å². The van der Waals surface area contributed by atoms with Crippen LogP contribution < -0.4 is 10.6 Å². The molecule has 2 rings (SSSR count). The monoisotopic (exact) mass is 412 g/mol. The van der Waals surface area contributed by atoms with Crippen LogP contribution in [0.5, 0.6) is 0 Å². The summed E-state index contributed by atoms with van der Waals surface area (Å²) < 4.78 is 4.98. The van der Waals surface area contributed by atoms with Crippen LogP contribution >= 0.6 is 24.8 Å². The fourth-order valence-electron chi connectivity index (χ4n) is 3.35. The van der Waals surface area contributed by atoms with Gasteiger partial charge in [-0.15, -0.1) is 24.8 Å². The van der Waals surface area contributed by atoms with Crippen molar-refractivity contribution in [2.45, 2.75) is 44.7 Å². The molecule has 2 fully saturated rings. The molecule has 0 aliphatic carbocycles. The summed E-state index contributed by atoms with van der Waals surface area (Å²) in [6.07, 6.45) is 4.06. The topological polar surface area (TPSA) is 73.9 Å². The third-order valence-corrected chi connectivity index (χ3v) is 4.99. The van der Waals surface area contributed by atoms with Crippen molar-refractivity contribution in [3.05, 3.63) is 0 Å². The lowest BCUT2D eigenvalue weighted by molar-refractivity contribution is -0.136. The average molecular weight is 413 g/mol. The lowest BCUT2D eigenvalue weighted by atomic mass is 10.0. The predicted molar refractivity (Wildman–Crippen MR) is 107 cm³/mol. The largest absolute Gasteiger partial charge is 0.385 e. The van der Waals surface area contributed by atoms with Gasteiger partial charge in [0.15, 0.2) is 0 Å². The highest BCUT2D eigenvalue weighted by Gasteiger charge is 2.30. The fraction of sp³-hybridized carbons (Fsp3) is 0.882. The molecule has 2 aliphatic rings. The highest BCUT2D eigenvalue weighted by Crippen LogP contribution is 2.13. The quantitative estimate of drug-likeness (QED) is 0.600. The molecule has 2 aliphatic heterocycles. The zero-order valence-corrected chi connectivity index (χ0v) is 17.5. The number of carbonyl (C=O) groups is 2. The third-order valence-electron chi connectivity index (χ3n) is 4.99. The van der Waals surface area contributed by atoms with E-state index in [1.54, 1.807) is 7.11 Å². The van der Waals surface area contributed by atoms with Crippen molar-refractivity contribution >= 4 is 36.6 Å². The first-order valence-corrected chi connectivity index (χ1v) is 9.16. The predicted octanol–water partition coefficient (Wildman–Crippen LogP) is 0.658. The number of amides is 2. The van der Waals surface area contributed by atoms with Gasteiger partial charge in [-0.25, -0.2) is 0 Å². The van der Waals surface area contributed by atoms with Gasteiger partial charge >= 0.3 is 0 Å². The third kappa shape index (κ3) is 7.56. The van der Waals surface area contributed by atoms with E-state index < -0.39 is 0 Å². The SMILES string of the molecule is COCCCNC(=O)C(C)N1CCN(C(=O)[C@H]2CCCCN2)CC1.Cl.Cl. The van der Waals surface area contributed by atoms with E-state index in [2.05, 4.69) is 15.5 Å². The normalized spacial score (nSPS) is 21.9. The Morgan fingerprint density at radius 1 is 1.19 bits per heavy atom. The van der Waals surface area contributed by atoms with Gasteiger partial charge in [0.2, 0.25) is 11.8 Å². The Balaban J connectivity index is 0.00000312. The molecule has 2 saturated heterocycles. The van der Waals surface area contributed by atoms with Crippen LogP contribution in [0.3, 0.4) is 0 Å². The van der Waals surface area contributed by atoms with Crippen molar-refractivity contribution in [3.8, 4) is 0 Å². The zero-order valence-electron chi connectivity index (χ0n) is 15.9. The molecule has 26 heavy (non-hydrogen) atoms. The van der Waals surface area contributed by atoms with Gasteiger partial charge in [0, 0.05) is 46.4 Å². The molecule has 2 atom stereocenters. The Morgan fingerprint density at radius 2 is 1.88 bits per heavy atom. The molecule has 2 amide bonds. The van der Waals surface area contributed by atoms with Crippen LogP contribution in [0.4, 0.5) is 0 Å². The number of nitrogens with one attached hydrogen (secondary N) is 2. The number of carbonyl (C=O) groups excluding carboxylic acids is 2. The van der Waals surface area contributed by atoms with Crippen LogP contribution in [0.1, 0.15) is 32.6 Å². The smallest absolute Gasteiger partial charge is 0.239 e. The number of hydrogen-bond acceptors (Lipinski definition) is 5. The van der Waals surface area contributed by atoms with Gasteiger partial charge in [-0.3, -0.25) is 14.5 Å². The van der Waals surface area contributed by atoms with Crippen LogP contribution in [0.15, 0.2) is 0 Å². The highest BCUT2D eigenvalue weighted by molar-refractivity contribution is 5.85. The van der Waals surface area contributed by atoms with Crippen molar-refractivity contribution < 1.29 is 14.3 Å². The standard InChI is InChI=1S/C17H32N4O3.2ClH/c1-14(16(22)19-8-5-13-24-2)20-9-11-21(12-10-20)17(23)15-6-3-4-7-18-15;;/h14-15,18H,3-13H2,1-2H3,(H,19,22);2*1H/t14?,15-;;/m1../s1. The number of ether oxygens (including phenoxy) is 1. The van der Waals surface area contributed by atoms with Gasteiger partial charge in [-0.2, -0.15) is 0 Å². The van der Waals surface area contributed by atoms with E-state index in [0.29, 0.717) is 26.2 Å². The second kappa shape index (κ2) is 13.6. The summed E-state index contributed by atoms with van der Waals surface area (Å²) in [6, 6.07) is -0.163. The van der Waals surface area contributed by atoms with Crippen molar-refractivity contribution in [3.63, 3.8) is 0 Å². The Morgan fingerprint density at radius 3 is 2.46 bits per heavy atom. The Bertz CT molecular complexity index is 415. The van der Waals surface area contributed by atoms with E-state index in [4.69, 9.17) is 4.74 Å². The summed E-state index contributed by atoms with van der Waals surface area (Å²) in [6.45, 7) is 7.10. The molecule has 0 aromatic rings. The molecule has 1 unspecified atom stereocenters. The summed E-state index contributed by atoms with van der Waals surface area (Å²) in [7, 11) is 1.66. The van der Waals surface area contributed by atoms with Crippen LogP contribution in [0, 0.1) is 0 Å². The van der Waals surface area contributed by atoms with E-state index in [1.165, 1.54) is 0 Å². The molecule has 0 spiro atoms. The first kappa shape index (κ1) is 25.4. The average Bonchev–Trinajstić information content (AvgIpc) is 2.64. The number of halogens is 2. The maximum Gasteiger partial charge on any atom is 0.239 e. The molecule has 9 heteroatoms.